The highest BCUT2D eigenvalue weighted by Gasteiger charge is 2.51. The molecule has 0 bridgehead atoms. The van der Waals surface area contributed by atoms with Gasteiger partial charge in [-0.25, -0.2) is 0 Å². The second kappa shape index (κ2) is 4.55. The topological polar surface area (TPSA) is 21.3 Å². The van der Waals surface area contributed by atoms with E-state index in [0.717, 1.165) is 30.9 Å². The molecule has 0 aromatic carbocycles. The van der Waals surface area contributed by atoms with Crippen molar-refractivity contribution in [3.63, 3.8) is 0 Å². The van der Waals surface area contributed by atoms with Crippen molar-refractivity contribution in [2.45, 2.75) is 64.0 Å². The molecule has 0 aromatic rings. The number of hydrogen-bond donors (Lipinski definition) is 1. The molecular formula is C15H27NO. The summed E-state index contributed by atoms with van der Waals surface area (Å²) in [6.45, 7) is 6.75. The van der Waals surface area contributed by atoms with Crippen molar-refractivity contribution < 1.29 is 4.74 Å². The van der Waals surface area contributed by atoms with Crippen LogP contribution in [0, 0.1) is 17.8 Å². The number of rotatable bonds is 2. The van der Waals surface area contributed by atoms with Crippen molar-refractivity contribution in [1.82, 2.24) is 5.32 Å². The summed E-state index contributed by atoms with van der Waals surface area (Å²) in [5, 5.41) is 3.78. The first-order valence-electron chi connectivity index (χ1n) is 7.59. The van der Waals surface area contributed by atoms with Crippen LogP contribution in [-0.4, -0.2) is 24.8 Å². The summed E-state index contributed by atoms with van der Waals surface area (Å²) in [6.07, 6.45) is 8.24. The minimum absolute atomic E-state index is 0.201. The van der Waals surface area contributed by atoms with Crippen LogP contribution in [-0.2, 0) is 4.74 Å². The minimum Gasteiger partial charge on any atom is -0.372 e. The van der Waals surface area contributed by atoms with Gasteiger partial charge >= 0.3 is 0 Å². The van der Waals surface area contributed by atoms with Gasteiger partial charge in [0.25, 0.3) is 0 Å². The van der Waals surface area contributed by atoms with Crippen molar-refractivity contribution in [1.29, 1.82) is 0 Å². The van der Waals surface area contributed by atoms with Gasteiger partial charge in [0.05, 0.1) is 12.2 Å². The summed E-state index contributed by atoms with van der Waals surface area (Å²) in [5.41, 5.74) is 0.201. The highest BCUT2D eigenvalue weighted by Crippen LogP contribution is 2.48. The maximum atomic E-state index is 6.34. The molecule has 98 valence electrons. The quantitative estimate of drug-likeness (QED) is 0.797. The van der Waals surface area contributed by atoms with Crippen LogP contribution in [0.1, 0.15) is 52.4 Å². The van der Waals surface area contributed by atoms with Crippen molar-refractivity contribution in [2.75, 3.05) is 13.2 Å². The molecule has 2 heteroatoms. The average Bonchev–Trinajstić information content (AvgIpc) is 3.14. The van der Waals surface area contributed by atoms with E-state index in [2.05, 4.69) is 19.2 Å². The van der Waals surface area contributed by atoms with Gasteiger partial charge < -0.3 is 10.1 Å². The maximum absolute atomic E-state index is 6.34. The third-order valence-electron chi connectivity index (χ3n) is 5.24. The van der Waals surface area contributed by atoms with Crippen LogP contribution in [0.5, 0.6) is 0 Å². The van der Waals surface area contributed by atoms with E-state index in [-0.39, 0.29) is 5.60 Å². The standard InChI is InChI=1S/C15H27NO/c1-11(2)13-4-3-7-15(10-13)14(12-5-6-12)16-8-9-17-15/h11-14,16H,3-10H2,1-2H3. The summed E-state index contributed by atoms with van der Waals surface area (Å²) < 4.78 is 6.34. The number of hydrogen-bond acceptors (Lipinski definition) is 2. The zero-order chi connectivity index (χ0) is 11.9. The molecule has 17 heavy (non-hydrogen) atoms. The van der Waals surface area contributed by atoms with E-state index in [4.69, 9.17) is 4.74 Å². The summed E-state index contributed by atoms with van der Waals surface area (Å²) in [7, 11) is 0. The van der Waals surface area contributed by atoms with Gasteiger partial charge in [-0.3, -0.25) is 0 Å². The Bertz CT molecular complexity index is 270. The molecule has 3 rings (SSSR count). The Hall–Kier alpha value is -0.0800. The zero-order valence-electron chi connectivity index (χ0n) is 11.4. The first kappa shape index (κ1) is 12.0. The largest absolute Gasteiger partial charge is 0.372 e. The highest BCUT2D eigenvalue weighted by molar-refractivity contribution is 5.05. The fraction of sp³-hybridized carbons (Fsp3) is 1.00. The Kier molecular flexibility index (Phi) is 3.20. The van der Waals surface area contributed by atoms with Gasteiger partial charge in [-0.15, -0.1) is 0 Å². The molecule has 1 saturated heterocycles. The van der Waals surface area contributed by atoms with Gasteiger partial charge in [0.15, 0.2) is 0 Å². The molecule has 1 aliphatic heterocycles. The molecule has 2 aliphatic carbocycles. The summed E-state index contributed by atoms with van der Waals surface area (Å²) in [4.78, 5) is 0. The third-order valence-corrected chi connectivity index (χ3v) is 5.24. The second-order valence-corrected chi connectivity index (χ2v) is 6.78. The van der Waals surface area contributed by atoms with E-state index >= 15 is 0 Å². The Morgan fingerprint density at radius 1 is 1.24 bits per heavy atom. The fourth-order valence-corrected chi connectivity index (χ4v) is 4.06. The van der Waals surface area contributed by atoms with Crippen molar-refractivity contribution in [3.8, 4) is 0 Å². The van der Waals surface area contributed by atoms with Crippen LogP contribution in [0.3, 0.4) is 0 Å². The van der Waals surface area contributed by atoms with Crippen LogP contribution < -0.4 is 5.32 Å². The van der Waals surface area contributed by atoms with Crippen LogP contribution in [0.4, 0.5) is 0 Å². The Morgan fingerprint density at radius 2 is 2.06 bits per heavy atom. The SMILES string of the molecule is CC(C)C1CCCC2(C1)OCCNC2C1CC1. The van der Waals surface area contributed by atoms with Gasteiger partial charge in [0.1, 0.15) is 0 Å². The highest BCUT2D eigenvalue weighted by atomic mass is 16.5. The number of morpholine rings is 1. The Morgan fingerprint density at radius 3 is 2.76 bits per heavy atom. The normalized spacial score (nSPS) is 43.2. The molecule has 0 aromatic heterocycles. The van der Waals surface area contributed by atoms with Crippen molar-refractivity contribution >= 4 is 0 Å². The Balaban J connectivity index is 1.76. The van der Waals surface area contributed by atoms with E-state index in [9.17, 15) is 0 Å². The maximum Gasteiger partial charge on any atom is 0.0840 e. The van der Waals surface area contributed by atoms with Crippen LogP contribution >= 0.6 is 0 Å². The average molecular weight is 237 g/mol. The summed E-state index contributed by atoms with van der Waals surface area (Å²) in [6, 6.07) is 0.665. The van der Waals surface area contributed by atoms with Gasteiger partial charge in [-0.05, 0) is 49.9 Å². The molecular weight excluding hydrogens is 210 g/mol. The predicted octanol–water partition coefficient (Wildman–Crippen LogP) is 2.97. The summed E-state index contributed by atoms with van der Waals surface area (Å²) in [5.74, 6) is 2.61. The van der Waals surface area contributed by atoms with E-state index in [1.54, 1.807) is 0 Å². The van der Waals surface area contributed by atoms with Gasteiger partial charge in [0.2, 0.25) is 0 Å². The molecule has 0 amide bonds. The summed E-state index contributed by atoms with van der Waals surface area (Å²) >= 11 is 0. The van der Waals surface area contributed by atoms with Crippen LogP contribution in [0.25, 0.3) is 0 Å². The van der Waals surface area contributed by atoms with Gasteiger partial charge in [0, 0.05) is 12.6 Å². The minimum atomic E-state index is 0.201. The van der Waals surface area contributed by atoms with Crippen molar-refractivity contribution in [2.24, 2.45) is 17.8 Å². The fourth-order valence-electron chi connectivity index (χ4n) is 4.06. The van der Waals surface area contributed by atoms with E-state index in [1.165, 1.54) is 38.5 Å². The Labute approximate surface area is 105 Å². The lowest BCUT2D eigenvalue weighted by Crippen LogP contribution is -2.61. The lowest BCUT2D eigenvalue weighted by atomic mass is 9.69. The lowest BCUT2D eigenvalue weighted by Gasteiger charge is -2.50. The lowest BCUT2D eigenvalue weighted by molar-refractivity contribution is -0.136. The molecule has 2 nitrogen and oxygen atoms in total. The van der Waals surface area contributed by atoms with Crippen LogP contribution in [0.2, 0.25) is 0 Å². The molecule has 3 unspecified atom stereocenters. The van der Waals surface area contributed by atoms with Gasteiger partial charge in [-0.1, -0.05) is 20.3 Å². The second-order valence-electron chi connectivity index (χ2n) is 6.78. The molecule has 2 saturated carbocycles. The van der Waals surface area contributed by atoms with Crippen molar-refractivity contribution in [3.05, 3.63) is 0 Å². The van der Waals surface area contributed by atoms with E-state index in [0.29, 0.717) is 6.04 Å². The monoisotopic (exact) mass is 237 g/mol. The molecule has 0 radical (unpaired) electrons. The number of nitrogens with one attached hydrogen (secondary N) is 1. The zero-order valence-corrected chi connectivity index (χ0v) is 11.4. The molecule has 1 N–H and O–H groups in total. The van der Waals surface area contributed by atoms with Gasteiger partial charge in [-0.2, -0.15) is 0 Å². The first-order valence-corrected chi connectivity index (χ1v) is 7.59. The molecule has 1 spiro atoms. The molecule has 1 heterocycles. The molecule has 3 atom stereocenters. The number of ether oxygens (including phenoxy) is 1. The predicted molar refractivity (Wildman–Crippen MR) is 70.0 cm³/mol. The smallest absolute Gasteiger partial charge is 0.0840 e. The molecule has 3 aliphatic rings. The first-order chi connectivity index (χ1) is 8.21. The van der Waals surface area contributed by atoms with E-state index in [1.807, 2.05) is 0 Å². The van der Waals surface area contributed by atoms with Crippen LogP contribution in [0.15, 0.2) is 0 Å². The third kappa shape index (κ3) is 2.26. The molecule has 3 fully saturated rings. The van der Waals surface area contributed by atoms with E-state index < -0.39 is 0 Å².